The van der Waals surface area contributed by atoms with Crippen molar-refractivity contribution in [1.29, 1.82) is 0 Å². The van der Waals surface area contributed by atoms with Crippen molar-refractivity contribution in [3.8, 4) is 0 Å². The van der Waals surface area contributed by atoms with Crippen molar-refractivity contribution in [2.45, 2.75) is 72.6 Å². The van der Waals surface area contributed by atoms with Gasteiger partial charge in [-0.15, -0.1) is 0 Å². The van der Waals surface area contributed by atoms with E-state index in [1.54, 1.807) is 13.3 Å². The van der Waals surface area contributed by atoms with Gasteiger partial charge in [-0.2, -0.15) is 0 Å². The molecule has 0 saturated heterocycles. The van der Waals surface area contributed by atoms with Crippen molar-refractivity contribution in [3.63, 3.8) is 0 Å². The number of halogens is 1. The van der Waals surface area contributed by atoms with E-state index in [4.69, 9.17) is 0 Å². The van der Waals surface area contributed by atoms with Gasteiger partial charge in [0.2, 0.25) is 0 Å². The molecule has 0 fully saturated rings. The fourth-order valence-corrected chi connectivity index (χ4v) is 19.5. The first-order chi connectivity index (χ1) is 7.74. The summed E-state index contributed by atoms with van der Waals surface area (Å²) in [5.74, 6) is 0. The average Bonchev–Trinajstić information content (AvgIpc) is 2.31. The molecule has 16 heavy (non-hydrogen) atoms. The minimum atomic E-state index is -1.89. The van der Waals surface area contributed by atoms with E-state index in [0.29, 0.717) is 0 Å². The standard InChI is InChI=1S/3C4H9.C2H2Br.Sn/c3*1-3-4-2;1-2-3;/h3*1,3-4H2,2H3;1-2H;. The summed E-state index contributed by atoms with van der Waals surface area (Å²) >= 11 is 1.65. The predicted molar refractivity (Wildman–Crippen MR) is 83.0 cm³/mol. The van der Waals surface area contributed by atoms with Crippen molar-refractivity contribution in [1.82, 2.24) is 0 Å². The van der Waals surface area contributed by atoms with Crippen molar-refractivity contribution < 1.29 is 0 Å². The van der Waals surface area contributed by atoms with Gasteiger partial charge in [-0.1, -0.05) is 0 Å². The maximum absolute atomic E-state index is 3.53. The van der Waals surface area contributed by atoms with E-state index >= 15 is 0 Å². The van der Waals surface area contributed by atoms with Crippen molar-refractivity contribution >= 4 is 34.3 Å². The Balaban J connectivity index is 4.45. The number of unbranched alkanes of at least 4 members (excludes halogenated alkanes) is 3. The van der Waals surface area contributed by atoms with Gasteiger partial charge in [-0.05, 0) is 0 Å². The Kier molecular flexibility index (Phi) is 11.8. The second-order valence-corrected chi connectivity index (χ2v) is 18.5. The van der Waals surface area contributed by atoms with Gasteiger partial charge in [0.15, 0.2) is 0 Å². The Labute approximate surface area is 115 Å². The molecule has 0 heterocycles. The van der Waals surface area contributed by atoms with Gasteiger partial charge >= 0.3 is 116 Å². The van der Waals surface area contributed by atoms with E-state index in [2.05, 4.69) is 45.8 Å². The molecular weight excluding hydrogens is 367 g/mol. The summed E-state index contributed by atoms with van der Waals surface area (Å²) in [5.41, 5.74) is 0. The molecule has 0 aliphatic carbocycles. The minimum absolute atomic E-state index is 1.37. The van der Waals surface area contributed by atoms with E-state index < -0.39 is 18.4 Å². The molecule has 0 atom stereocenters. The molecule has 0 radical (unpaired) electrons. The second kappa shape index (κ2) is 11.1. The van der Waals surface area contributed by atoms with Crippen LogP contribution in [-0.2, 0) is 0 Å². The third-order valence-corrected chi connectivity index (χ3v) is 19.2. The van der Waals surface area contributed by atoms with Crippen LogP contribution in [0.2, 0.25) is 13.3 Å². The van der Waals surface area contributed by atoms with Crippen LogP contribution in [0.15, 0.2) is 9.08 Å². The Morgan fingerprint density at radius 3 is 1.44 bits per heavy atom. The summed E-state index contributed by atoms with van der Waals surface area (Å²) in [6, 6.07) is 0. The summed E-state index contributed by atoms with van der Waals surface area (Å²) in [5, 5.41) is 0. The molecule has 0 nitrogen and oxygen atoms in total. The fourth-order valence-electron chi connectivity index (χ4n) is 2.35. The molecule has 0 N–H and O–H groups in total. The van der Waals surface area contributed by atoms with Crippen LogP contribution in [0.5, 0.6) is 0 Å². The Hall–Kier alpha value is 1.02. The summed E-state index contributed by atoms with van der Waals surface area (Å²) < 4.78 is 7.36. The summed E-state index contributed by atoms with van der Waals surface area (Å²) in [6.45, 7) is 6.98. The molecule has 0 spiro atoms. The zero-order valence-electron chi connectivity index (χ0n) is 11.4. The first kappa shape index (κ1) is 17.0. The van der Waals surface area contributed by atoms with Gasteiger partial charge in [0.1, 0.15) is 0 Å². The third kappa shape index (κ3) is 7.37. The molecule has 0 aromatic heterocycles. The van der Waals surface area contributed by atoms with Gasteiger partial charge in [0.25, 0.3) is 0 Å². The third-order valence-electron chi connectivity index (χ3n) is 3.50. The molecule has 0 aromatic rings. The van der Waals surface area contributed by atoms with Gasteiger partial charge in [-0.3, -0.25) is 0 Å². The molecule has 0 rings (SSSR count). The summed E-state index contributed by atoms with van der Waals surface area (Å²) in [7, 11) is 0. The van der Waals surface area contributed by atoms with E-state index in [0.717, 1.165) is 0 Å². The molecule has 0 amide bonds. The SMILES string of the molecule is CCC[CH2][Sn](/[CH]=C\Br)([CH2]CCC)[CH2]CCC. The van der Waals surface area contributed by atoms with E-state index in [9.17, 15) is 0 Å². The Morgan fingerprint density at radius 2 is 1.19 bits per heavy atom. The van der Waals surface area contributed by atoms with Crippen LogP contribution in [0.25, 0.3) is 0 Å². The molecule has 2 heteroatoms. The molecule has 0 saturated carbocycles. The second-order valence-electron chi connectivity index (χ2n) is 4.97. The molecule has 0 aromatic carbocycles. The Bertz CT molecular complexity index is 156. The van der Waals surface area contributed by atoms with Gasteiger partial charge in [0.05, 0.1) is 0 Å². The van der Waals surface area contributed by atoms with Gasteiger partial charge in [0, 0.05) is 0 Å². The summed E-state index contributed by atoms with van der Waals surface area (Å²) in [6.07, 6.45) is 8.48. The average molecular weight is 396 g/mol. The van der Waals surface area contributed by atoms with Crippen LogP contribution in [0.4, 0.5) is 0 Å². The first-order valence-electron chi connectivity index (χ1n) is 7.02. The monoisotopic (exact) mass is 396 g/mol. The van der Waals surface area contributed by atoms with Crippen LogP contribution in [0.1, 0.15) is 59.3 Å². The zero-order chi connectivity index (χ0) is 12.3. The van der Waals surface area contributed by atoms with Crippen molar-refractivity contribution in [2.24, 2.45) is 0 Å². The van der Waals surface area contributed by atoms with Crippen LogP contribution in [0.3, 0.4) is 0 Å². The first-order valence-corrected chi connectivity index (χ1v) is 15.6. The van der Waals surface area contributed by atoms with Crippen LogP contribution in [-0.4, -0.2) is 18.4 Å². The van der Waals surface area contributed by atoms with Crippen LogP contribution >= 0.6 is 15.9 Å². The fraction of sp³-hybridized carbons (Fsp3) is 0.857. The van der Waals surface area contributed by atoms with Crippen molar-refractivity contribution in [3.05, 3.63) is 9.08 Å². The van der Waals surface area contributed by atoms with Crippen LogP contribution in [0, 0.1) is 0 Å². The van der Waals surface area contributed by atoms with E-state index in [1.165, 1.54) is 38.5 Å². The van der Waals surface area contributed by atoms with Gasteiger partial charge in [-0.25, -0.2) is 0 Å². The molecule has 0 aliphatic rings. The molecule has 0 aliphatic heterocycles. The van der Waals surface area contributed by atoms with E-state index in [1.807, 2.05) is 0 Å². The molecule has 0 unspecified atom stereocenters. The number of rotatable bonds is 10. The maximum atomic E-state index is 3.53. The number of hydrogen-bond donors (Lipinski definition) is 0. The molecule has 96 valence electrons. The quantitative estimate of drug-likeness (QED) is 0.381. The summed E-state index contributed by atoms with van der Waals surface area (Å²) in [4.78, 5) is 2.18. The molecule has 0 bridgehead atoms. The van der Waals surface area contributed by atoms with Crippen molar-refractivity contribution in [2.75, 3.05) is 0 Å². The topological polar surface area (TPSA) is 0 Å². The Morgan fingerprint density at radius 1 is 0.812 bits per heavy atom. The normalized spacial score (nSPS) is 12.5. The molecular formula is C14H29BrSn. The van der Waals surface area contributed by atoms with E-state index in [-0.39, 0.29) is 0 Å². The van der Waals surface area contributed by atoms with Gasteiger partial charge < -0.3 is 0 Å². The zero-order valence-corrected chi connectivity index (χ0v) is 15.8. The van der Waals surface area contributed by atoms with Crippen LogP contribution < -0.4 is 0 Å². The predicted octanol–water partition coefficient (Wildman–Crippen LogP) is 6.28. The number of hydrogen-bond acceptors (Lipinski definition) is 0.